The van der Waals surface area contributed by atoms with E-state index in [1.807, 2.05) is 6.07 Å². The molecule has 0 spiro atoms. The van der Waals surface area contributed by atoms with Gasteiger partial charge < -0.3 is 9.80 Å². The summed E-state index contributed by atoms with van der Waals surface area (Å²) in [6.07, 6.45) is 5.73. The molecule has 4 amide bonds. The van der Waals surface area contributed by atoms with E-state index in [0.29, 0.717) is 16.8 Å². The van der Waals surface area contributed by atoms with E-state index in [1.54, 1.807) is 73.7 Å². The minimum absolute atomic E-state index is 0.240. The molecule has 2 aromatic carbocycles. The molecular weight excluding hydrogens is 490 g/mol. The summed E-state index contributed by atoms with van der Waals surface area (Å²) in [5.41, 5.74) is 0.126. The molecule has 1 aliphatic rings. The summed E-state index contributed by atoms with van der Waals surface area (Å²) in [6, 6.07) is 13.8. The maximum Gasteiger partial charge on any atom is 0.265 e. The van der Waals surface area contributed by atoms with Crippen LogP contribution in [0.2, 0.25) is 0 Å². The summed E-state index contributed by atoms with van der Waals surface area (Å²) >= 11 is 0. The van der Waals surface area contributed by atoms with Gasteiger partial charge in [-0.2, -0.15) is 0 Å². The van der Waals surface area contributed by atoms with Crippen LogP contribution < -0.4 is 4.90 Å². The quantitative estimate of drug-likeness (QED) is 0.283. The third kappa shape index (κ3) is 5.82. The number of para-hydroxylation sites is 1. The lowest BCUT2D eigenvalue weighted by Gasteiger charge is -2.43. The molecule has 0 unspecified atom stereocenters. The molecule has 0 saturated heterocycles. The van der Waals surface area contributed by atoms with Crippen LogP contribution in [-0.4, -0.2) is 59.6 Å². The Hall–Kier alpha value is -4.52. The highest BCUT2D eigenvalue weighted by Gasteiger charge is 2.54. The van der Waals surface area contributed by atoms with Gasteiger partial charge in [-0.3, -0.25) is 19.2 Å². The normalized spacial score (nSPS) is 13.7. The first-order valence-electron chi connectivity index (χ1n) is 12.8. The van der Waals surface area contributed by atoms with Gasteiger partial charge in [-0.1, -0.05) is 60.7 Å². The lowest BCUT2D eigenvalue weighted by atomic mass is 9.68. The van der Waals surface area contributed by atoms with Gasteiger partial charge in [0.05, 0.1) is 11.1 Å². The zero-order chi connectivity index (χ0) is 28.6. The first-order valence-corrected chi connectivity index (χ1v) is 12.8. The molecule has 3 rings (SSSR count). The third-order valence-corrected chi connectivity index (χ3v) is 6.85. The first-order chi connectivity index (χ1) is 18.7. The van der Waals surface area contributed by atoms with E-state index in [-0.39, 0.29) is 56.4 Å². The van der Waals surface area contributed by atoms with Gasteiger partial charge in [0.15, 0.2) is 0 Å². The lowest BCUT2D eigenvalue weighted by molar-refractivity contribution is -0.140. The number of anilines is 1. The highest BCUT2D eigenvalue weighted by molar-refractivity contribution is 6.28. The maximum absolute atomic E-state index is 14.6. The van der Waals surface area contributed by atoms with Crippen molar-refractivity contribution in [3.05, 3.63) is 116 Å². The Morgan fingerprint density at radius 3 is 1.72 bits per heavy atom. The van der Waals surface area contributed by atoms with E-state index >= 15 is 0 Å². The van der Waals surface area contributed by atoms with Crippen LogP contribution >= 0.6 is 0 Å². The third-order valence-electron chi connectivity index (χ3n) is 6.85. The van der Waals surface area contributed by atoms with Crippen LogP contribution in [0.1, 0.15) is 34.3 Å². The number of carbonyl (C=O) groups is 4. The van der Waals surface area contributed by atoms with Crippen molar-refractivity contribution in [2.75, 3.05) is 31.1 Å². The molecule has 0 saturated carbocycles. The van der Waals surface area contributed by atoms with Crippen molar-refractivity contribution in [2.45, 2.75) is 25.2 Å². The number of fused-ring (bicyclic) bond motifs is 1. The van der Waals surface area contributed by atoms with Crippen molar-refractivity contribution < 1.29 is 19.2 Å². The fourth-order valence-electron chi connectivity index (χ4n) is 4.99. The average Bonchev–Trinajstić information content (AvgIpc) is 2.92. The Labute approximate surface area is 230 Å². The number of rotatable bonds is 13. The van der Waals surface area contributed by atoms with E-state index in [4.69, 9.17) is 0 Å². The highest BCUT2D eigenvalue weighted by Crippen LogP contribution is 2.43. The van der Waals surface area contributed by atoms with Crippen molar-refractivity contribution in [1.82, 2.24) is 9.80 Å². The number of nitrogens with zero attached hydrogens (tertiary/aromatic N) is 3. The summed E-state index contributed by atoms with van der Waals surface area (Å²) in [5, 5.41) is 0. The van der Waals surface area contributed by atoms with E-state index < -0.39 is 17.2 Å². The molecule has 2 aromatic rings. The summed E-state index contributed by atoms with van der Waals surface area (Å²) < 4.78 is 0. The molecule has 0 aromatic heterocycles. The van der Waals surface area contributed by atoms with Gasteiger partial charge in [-0.05, 0) is 30.2 Å². The topological polar surface area (TPSA) is 78.0 Å². The molecule has 7 heteroatoms. The second-order valence-corrected chi connectivity index (χ2v) is 9.47. The fourth-order valence-corrected chi connectivity index (χ4v) is 4.99. The predicted molar refractivity (Wildman–Crippen MR) is 154 cm³/mol. The van der Waals surface area contributed by atoms with Crippen molar-refractivity contribution in [1.29, 1.82) is 0 Å². The van der Waals surface area contributed by atoms with Crippen molar-refractivity contribution in [2.24, 2.45) is 0 Å². The molecule has 1 aliphatic heterocycles. The van der Waals surface area contributed by atoms with Crippen LogP contribution in [0, 0.1) is 6.92 Å². The number of benzene rings is 2. The molecule has 202 valence electrons. The molecule has 0 N–H and O–H groups in total. The van der Waals surface area contributed by atoms with E-state index in [9.17, 15) is 19.2 Å². The number of amides is 4. The van der Waals surface area contributed by atoms with Crippen LogP contribution in [0.4, 0.5) is 5.69 Å². The monoisotopic (exact) mass is 525 g/mol. The molecule has 7 nitrogen and oxygen atoms in total. The minimum Gasteiger partial charge on any atom is -0.335 e. The number of imide groups is 1. The van der Waals surface area contributed by atoms with Gasteiger partial charge in [-0.15, -0.1) is 26.3 Å². The Morgan fingerprint density at radius 2 is 1.23 bits per heavy atom. The lowest BCUT2D eigenvalue weighted by Crippen LogP contribution is -2.58. The van der Waals surface area contributed by atoms with Crippen LogP contribution in [-0.2, 0) is 19.8 Å². The summed E-state index contributed by atoms with van der Waals surface area (Å²) in [5.74, 6) is -1.83. The second kappa shape index (κ2) is 12.8. The first kappa shape index (κ1) is 29.0. The highest BCUT2D eigenvalue weighted by atomic mass is 16.2. The van der Waals surface area contributed by atoms with Gasteiger partial charge in [0.1, 0.15) is 0 Å². The Bertz CT molecular complexity index is 1250. The van der Waals surface area contributed by atoms with Crippen molar-refractivity contribution in [3.8, 4) is 0 Å². The van der Waals surface area contributed by atoms with Crippen LogP contribution in [0.15, 0.2) is 99.2 Å². The summed E-state index contributed by atoms with van der Waals surface area (Å²) in [4.78, 5) is 60.1. The fraction of sp³-hybridized carbons (Fsp3) is 0.250. The van der Waals surface area contributed by atoms with Crippen molar-refractivity contribution >= 4 is 29.3 Å². The largest absolute Gasteiger partial charge is 0.335 e. The zero-order valence-electron chi connectivity index (χ0n) is 22.5. The van der Waals surface area contributed by atoms with Crippen LogP contribution in [0.25, 0.3) is 0 Å². The Balaban J connectivity index is 2.27. The molecule has 0 bridgehead atoms. The smallest absolute Gasteiger partial charge is 0.265 e. The zero-order valence-corrected chi connectivity index (χ0v) is 22.5. The number of carbonyl (C=O) groups excluding carboxylic acids is 4. The maximum atomic E-state index is 14.6. The average molecular weight is 526 g/mol. The summed E-state index contributed by atoms with van der Waals surface area (Å²) in [7, 11) is 0. The van der Waals surface area contributed by atoms with Gasteiger partial charge >= 0.3 is 0 Å². The molecule has 0 atom stereocenters. The van der Waals surface area contributed by atoms with Gasteiger partial charge in [0, 0.05) is 44.6 Å². The van der Waals surface area contributed by atoms with Gasteiger partial charge in [0.25, 0.3) is 5.91 Å². The molecule has 0 fully saturated rings. The minimum atomic E-state index is -1.64. The standard InChI is InChI=1S/C32H35N3O4/c1-6-18-33(19-7-2)28(36)22-32(23-29(37)34(20-8-3)21-9-4)26-16-12-11-15-25(26)30(38)35(31(32)39)27-17-13-10-14-24(27)5/h6-17H,1-4,18-23H2,5H3. The van der Waals surface area contributed by atoms with Crippen LogP contribution in [0.3, 0.4) is 0 Å². The number of hydrogen-bond acceptors (Lipinski definition) is 4. The van der Waals surface area contributed by atoms with Gasteiger partial charge in [0.2, 0.25) is 17.7 Å². The van der Waals surface area contributed by atoms with E-state index in [2.05, 4.69) is 26.3 Å². The van der Waals surface area contributed by atoms with Crippen molar-refractivity contribution in [3.63, 3.8) is 0 Å². The number of hydrogen-bond donors (Lipinski definition) is 0. The molecule has 0 aliphatic carbocycles. The SMILES string of the molecule is C=CCN(CC=C)C(=O)CC1(CC(=O)N(CC=C)CC=C)C(=O)N(c2ccccc2C)C(=O)c2ccccc21. The van der Waals surface area contributed by atoms with E-state index in [1.165, 1.54) is 9.80 Å². The van der Waals surface area contributed by atoms with Crippen LogP contribution in [0.5, 0.6) is 0 Å². The van der Waals surface area contributed by atoms with E-state index in [0.717, 1.165) is 4.90 Å². The predicted octanol–water partition coefficient (Wildman–Crippen LogP) is 4.60. The number of aryl methyl sites for hydroxylation is 1. The Kier molecular flexibility index (Phi) is 9.55. The molecule has 0 radical (unpaired) electrons. The van der Waals surface area contributed by atoms with Gasteiger partial charge in [-0.25, -0.2) is 4.90 Å². The molecule has 1 heterocycles. The molecule has 39 heavy (non-hydrogen) atoms. The molecular formula is C32H35N3O4. The second-order valence-electron chi connectivity index (χ2n) is 9.47. The Morgan fingerprint density at radius 1 is 0.769 bits per heavy atom. The summed E-state index contributed by atoms with van der Waals surface area (Å²) in [6.45, 7) is 17.7.